The Balaban J connectivity index is 3.01. The van der Waals surface area contributed by atoms with Crippen LogP contribution in [0.1, 0.15) is 66.5 Å². The minimum atomic E-state index is -0.936. The molecule has 214 valence electrons. The molecule has 1 rings (SSSR count). The number of hydrogen-bond donors (Lipinski definition) is 3. The molecule has 3 amide bonds. The van der Waals surface area contributed by atoms with Crippen LogP contribution in [0.25, 0.3) is 0 Å². The molecule has 0 fully saturated rings. The van der Waals surface area contributed by atoms with E-state index in [0.717, 1.165) is 11.1 Å². The minimum Gasteiger partial charge on any atom is -0.467 e. The van der Waals surface area contributed by atoms with Gasteiger partial charge in [-0.25, -0.2) is 9.59 Å². The summed E-state index contributed by atoms with van der Waals surface area (Å²) in [6.45, 7) is 15.1. The quantitative estimate of drug-likeness (QED) is 0.359. The lowest BCUT2D eigenvalue weighted by Gasteiger charge is -2.27. The number of benzene rings is 1. The van der Waals surface area contributed by atoms with Crippen molar-refractivity contribution in [1.29, 1.82) is 0 Å². The second-order valence-corrected chi connectivity index (χ2v) is 12.5. The number of esters is 1. The van der Waals surface area contributed by atoms with Crippen molar-refractivity contribution in [3.05, 3.63) is 35.4 Å². The lowest BCUT2D eigenvalue weighted by molar-refractivity contribution is -0.145. The molecule has 0 aliphatic carbocycles. The molecule has 0 saturated heterocycles. The number of thioether (sulfide) groups is 1. The molecule has 0 aliphatic rings. The summed E-state index contributed by atoms with van der Waals surface area (Å²) in [5.41, 5.74) is 1.28. The average molecular weight is 552 g/mol. The normalized spacial score (nSPS) is 14.2. The molecule has 0 aromatic heterocycles. The molecular weight excluding hydrogens is 506 g/mol. The molecule has 0 unspecified atom stereocenters. The predicted molar refractivity (Wildman–Crippen MR) is 151 cm³/mol. The van der Waals surface area contributed by atoms with E-state index in [1.165, 1.54) is 18.9 Å². The van der Waals surface area contributed by atoms with Crippen LogP contribution in [-0.2, 0) is 35.7 Å². The van der Waals surface area contributed by atoms with Crippen LogP contribution in [0.4, 0.5) is 4.79 Å². The summed E-state index contributed by atoms with van der Waals surface area (Å²) in [7, 11) is 1.26. The SMILES string of the molecule is COC(=O)[C@@H](Cc1ccc(C(C)(C)C)cc1)NC(=O)[C@H](CSC)NC(=O)[C@@H](NC(=O)OC(C)(C)C)C(C)C. The Bertz CT molecular complexity index is 951. The highest BCUT2D eigenvalue weighted by Crippen LogP contribution is 2.22. The first-order chi connectivity index (χ1) is 17.5. The molecule has 0 radical (unpaired) electrons. The molecule has 1 aromatic carbocycles. The maximum atomic E-state index is 13.2. The van der Waals surface area contributed by atoms with Crippen LogP contribution in [0, 0.1) is 5.92 Å². The van der Waals surface area contributed by atoms with Crippen molar-refractivity contribution in [3.63, 3.8) is 0 Å². The summed E-state index contributed by atoms with van der Waals surface area (Å²) in [5.74, 6) is -1.62. The number of carbonyl (C=O) groups is 4. The Hall–Kier alpha value is -2.75. The predicted octanol–water partition coefficient (Wildman–Crippen LogP) is 3.58. The van der Waals surface area contributed by atoms with Crippen LogP contribution < -0.4 is 16.0 Å². The van der Waals surface area contributed by atoms with Crippen LogP contribution in [0.2, 0.25) is 0 Å². The number of methoxy groups -OCH3 is 1. The second-order valence-electron chi connectivity index (χ2n) is 11.6. The van der Waals surface area contributed by atoms with Crippen molar-refractivity contribution in [2.75, 3.05) is 19.1 Å². The molecule has 38 heavy (non-hydrogen) atoms. The average Bonchev–Trinajstić information content (AvgIpc) is 2.79. The molecule has 3 N–H and O–H groups in total. The zero-order chi connectivity index (χ0) is 29.3. The van der Waals surface area contributed by atoms with Gasteiger partial charge < -0.3 is 25.4 Å². The van der Waals surface area contributed by atoms with Gasteiger partial charge in [0.05, 0.1) is 7.11 Å². The van der Waals surface area contributed by atoms with Gasteiger partial charge in [-0.1, -0.05) is 58.9 Å². The van der Waals surface area contributed by atoms with Crippen LogP contribution in [0.5, 0.6) is 0 Å². The number of ether oxygens (including phenoxy) is 2. The van der Waals surface area contributed by atoms with Crippen molar-refractivity contribution < 1.29 is 28.7 Å². The van der Waals surface area contributed by atoms with E-state index >= 15 is 0 Å². The summed E-state index contributed by atoms with van der Waals surface area (Å²) in [4.78, 5) is 51.1. The van der Waals surface area contributed by atoms with Crippen molar-refractivity contribution in [2.24, 2.45) is 5.92 Å². The molecule has 3 atom stereocenters. The van der Waals surface area contributed by atoms with Gasteiger partial charge in [0, 0.05) is 12.2 Å². The summed E-state index contributed by atoms with van der Waals surface area (Å²) >= 11 is 1.37. The van der Waals surface area contributed by atoms with Crippen molar-refractivity contribution in [1.82, 2.24) is 16.0 Å². The molecule has 0 spiro atoms. The zero-order valence-electron chi connectivity index (χ0n) is 24.4. The van der Waals surface area contributed by atoms with Crippen LogP contribution in [0.3, 0.4) is 0 Å². The topological polar surface area (TPSA) is 123 Å². The van der Waals surface area contributed by atoms with Gasteiger partial charge >= 0.3 is 12.1 Å². The van der Waals surface area contributed by atoms with Crippen molar-refractivity contribution in [2.45, 2.75) is 91.0 Å². The smallest absolute Gasteiger partial charge is 0.408 e. The Morgan fingerprint density at radius 1 is 0.868 bits per heavy atom. The fraction of sp³-hybridized carbons (Fsp3) is 0.643. The molecule has 1 aromatic rings. The van der Waals surface area contributed by atoms with Gasteiger partial charge in [0.2, 0.25) is 11.8 Å². The number of amides is 3. The fourth-order valence-corrected chi connectivity index (χ4v) is 4.13. The van der Waals surface area contributed by atoms with Crippen molar-refractivity contribution >= 4 is 35.6 Å². The van der Waals surface area contributed by atoms with Gasteiger partial charge in [0.15, 0.2) is 0 Å². The minimum absolute atomic E-state index is 0.00999. The number of rotatable bonds is 11. The standard InChI is InChI=1S/C28H45N3O6S/c1-17(2)22(31-26(35)37-28(6,7)8)24(33)30-21(16-38-10)23(32)29-20(25(34)36-9)15-18-11-13-19(14-12-18)27(3,4)5/h11-14,17,20-22H,15-16H2,1-10H3,(H,29,32)(H,30,33)(H,31,35)/t20-,21+,22+/m1/s1. The molecule has 0 aliphatic heterocycles. The van der Waals surface area contributed by atoms with Crippen LogP contribution in [0.15, 0.2) is 24.3 Å². The first-order valence-corrected chi connectivity index (χ1v) is 14.1. The van der Waals surface area contributed by atoms with E-state index in [4.69, 9.17) is 9.47 Å². The van der Waals surface area contributed by atoms with Crippen LogP contribution >= 0.6 is 11.8 Å². The van der Waals surface area contributed by atoms with Crippen molar-refractivity contribution in [3.8, 4) is 0 Å². The van der Waals surface area contributed by atoms with E-state index in [1.807, 2.05) is 24.3 Å². The van der Waals surface area contributed by atoms with Gasteiger partial charge in [-0.2, -0.15) is 11.8 Å². The third kappa shape index (κ3) is 11.3. The first-order valence-electron chi connectivity index (χ1n) is 12.7. The first kappa shape index (κ1) is 33.3. The molecule has 0 bridgehead atoms. The summed E-state index contributed by atoms with van der Waals surface area (Å²) in [6, 6.07) is 5.08. The third-order valence-corrected chi connectivity index (χ3v) is 6.32. The Labute approximate surface area is 231 Å². The Kier molecular flexibility index (Phi) is 12.6. The van der Waals surface area contributed by atoms with Gasteiger partial charge in [0.1, 0.15) is 23.7 Å². The molecule has 9 nitrogen and oxygen atoms in total. The van der Waals surface area contributed by atoms with E-state index in [1.54, 1.807) is 40.9 Å². The summed E-state index contributed by atoms with van der Waals surface area (Å²) < 4.78 is 10.2. The maximum Gasteiger partial charge on any atom is 0.408 e. The highest BCUT2D eigenvalue weighted by molar-refractivity contribution is 7.98. The molecule has 0 heterocycles. The summed E-state index contributed by atoms with van der Waals surface area (Å²) in [5, 5.41) is 8.05. The summed E-state index contributed by atoms with van der Waals surface area (Å²) in [6.07, 6.45) is 1.32. The lowest BCUT2D eigenvalue weighted by atomic mass is 9.86. The maximum absolute atomic E-state index is 13.2. The number of alkyl carbamates (subject to hydrolysis) is 1. The molecular formula is C28H45N3O6S. The third-order valence-electron chi connectivity index (χ3n) is 5.65. The lowest BCUT2D eigenvalue weighted by Crippen LogP contribution is -2.58. The zero-order valence-corrected chi connectivity index (χ0v) is 25.2. The second kappa shape index (κ2) is 14.4. The van der Waals surface area contributed by atoms with Crippen LogP contribution in [-0.4, -0.2) is 66.7 Å². The van der Waals surface area contributed by atoms with Gasteiger partial charge in [0.25, 0.3) is 0 Å². The Morgan fingerprint density at radius 3 is 1.87 bits per heavy atom. The fourth-order valence-electron chi connectivity index (χ4n) is 3.56. The largest absolute Gasteiger partial charge is 0.467 e. The van der Waals surface area contributed by atoms with E-state index in [9.17, 15) is 19.2 Å². The van der Waals surface area contributed by atoms with Gasteiger partial charge in [-0.3, -0.25) is 9.59 Å². The number of nitrogens with one attached hydrogen (secondary N) is 3. The van der Waals surface area contributed by atoms with E-state index in [0.29, 0.717) is 0 Å². The highest BCUT2D eigenvalue weighted by Gasteiger charge is 2.32. The molecule has 0 saturated carbocycles. The monoisotopic (exact) mass is 551 g/mol. The Morgan fingerprint density at radius 2 is 1.42 bits per heavy atom. The highest BCUT2D eigenvalue weighted by atomic mass is 32.2. The molecule has 10 heteroatoms. The number of carbonyl (C=O) groups excluding carboxylic acids is 4. The van der Waals surface area contributed by atoms with Gasteiger partial charge in [-0.15, -0.1) is 0 Å². The van der Waals surface area contributed by atoms with E-state index in [2.05, 4.69) is 36.7 Å². The van der Waals surface area contributed by atoms with E-state index < -0.39 is 47.6 Å². The van der Waals surface area contributed by atoms with Gasteiger partial charge in [-0.05, 0) is 49.5 Å². The van der Waals surface area contributed by atoms with E-state index in [-0.39, 0.29) is 23.5 Å². The number of hydrogen-bond acceptors (Lipinski definition) is 7.